The Morgan fingerprint density at radius 3 is 2.17 bits per heavy atom. The molecule has 0 aromatic heterocycles. The zero-order chi connectivity index (χ0) is 13.8. The Hall–Kier alpha value is -1.31. The molecule has 0 radical (unpaired) electrons. The fourth-order valence-electron chi connectivity index (χ4n) is 2.90. The van der Waals surface area contributed by atoms with Crippen LogP contribution < -0.4 is 0 Å². The van der Waals surface area contributed by atoms with E-state index in [-0.39, 0.29) is 5.41 Å². The van der Waals surface area contributed by atoms with Crippen molar-refractivity contribution in [2.24, 2.45) is 5.41 Å². The molecule has 100 valence electrons. The van der Waals surface area contributed by atoms with Gasteiger partial charge in [-0.15, -0.1) is 0 Å². The van der Waals surface area contributed by atoms with Gasteiger partial charge in [-0.25, -0.2) is 0 Å². The molecule has 1 fully saturated rings. The Labute approximate surface area is 111 Å². The first-order valence-electron chi connectivity index (χ1n) is 6.66. The van der Waals surface area contributed by atoms with Crippen LogP contribution in [-0.2, 0) is 4.74 Å². The lowest BCUT2D eigenvalue weighted by Crippen LogP contribution is -2.23. The van der Waals surface area contributed by atoms with Crippen LogP contribution in [0.5, 0.6) is 0 Å². The second-order valence-corrected chi connectivity index (χ2v) is 5.26. The van der Waals surface area contributed by atoms with Crippen molar-refractivity contribution in [3.63, 3.8) is 0 Å². The van der Waals surface area contributed by atoms with Gasteiger partial charge in [0.05, 0.1) is 5.76 Å². The Morgan fingerprint density at radius 2 is 1.78 bits per heavy atom. The maximum Gasteiger partial charge on any atom is 0.109 e. The summed E-state index contributed by atoms with van der Waals surface area (Å²) in [4.78, 5) is 0. The van der Waals surface area contributed by atoms with Gasteiger partial charge in [-0.1, -0.05) is 25.0 Å². The molecule has 0 atom stereocenters. The number of rotatable bonds is 5. The van der Waals surface area contributed by atoms with E-state index < -0.39 is 0 Å². The molecule has 1 aliphatic rings. The molecule has 0 heterocycles. The van der Waals surface area contributed by atoms with E-state index in [2.05, 4.69) is 19.6 Å². The first-order chi connectivity index (χ1) is 8.42. The quantitative estimate of drug-likeness (QED) is 0.539. The van der Waals surface area contributed by atoms with Crippen molar-refractivity contribution in [3.8, 4) is 0 Å². The van der Waals surface area contributed by atoms with E-state index in [4.69, 9.17) is 10.1 Å². The summed E-state index contributed by atoms with van der Waals surface area (Å²) in [5.74, 6) is 1.73. The Morgan fingerprint density at radius 1 is 1.22 bits per heavy atom. The van der Waals surface area contributed by atoms with Gasteiger partial charge in [-0.3, -0.25) is 0 Å². The lowest BCUT2D eigenvalue weighted by atomic mass is 9.76. The molecule has 0 unspecified atom stereocenters. The van der Waals surface area contributed by atoms with Gasteiger partial charge in [0.2, 0.25) is 0 Å². The van der Waals surface area contributed by atoms with E-state index in [9.17, 15) is 0 Å². The first-order valence-corrected chi connectivity index (χ1v) is 6.66. The van der Waals surface area contributed by atoms with E-state index >= 15 is 0 Å². The number of nitrogens with one attached hydrogen (secondary N) is 1. The van der Waals surface area contributed by atoms with Crippen LogP contribution in [0.15, 0.2) is 35.8 Å². The van der Waals surface area contributed by atoms with Gasteiger partial charge in [0.25, 0.3) is 0 Å². The molecule has 2 heteroatoms. The molecule has 0 aromatic rings. The lowest BCUT2D eigenvalue weighted by molar-refractivity contribution is 0.208. The second-order valence-electron chi connectivity index (χ2n) is 5.26. The van der Waals surface area contributed by atoms with Crippen LogP contribution in [0, 0.1) is 10.8 Å². The normalized spacial score (nSPS) is 19.8. The van der Waals surface area contributed by atoms with Crippen molar-refractivity contribution >= 4 is 5.71 Å². The number of hydrogen-bond donors (Lipinski definition) is 1. The number of allylic oxidation sites excluding steroid dienone is 4. The van der Waals surface area contributed by atoms with E-state index in [0.717, 1.165) is 24.4 Å². The van der Waals surface area contributed by atoms with Crippen molar-refractivity contribution in [1.29, 1.82) is 5.41 Å². The average Bonchev–Trinajstić information content (AvgIpc) is 2.74. The van der Waals surface area contributed by atoms with Crippen LogP contribution >= 0.6 is 0 Å². The molecule has 0 aliphatic heterocycles. The fraction of sp³-hybridized carbons (Fsp3) is 0.562. The minimum absolute atomic E-state index is 0.0178. The predicted molar refractivity (Wildman–Crippen MR) is 77.7 cm³/mol. The molecule has 0 spiro atoms. The van der Waals surface area contributed by atoms with Crippen molar-refractivity contribution < 1.29 is 4.74 Å². The molecule has 2 nitrogen and oxygen atoms in total. The zero-order valence-electron chi connectivity index (χ0n) is 12.1. The Balaban J connectivity index is 3.14. The van der Waals surface area contributed by atoms with Gasteiger partial charge >= 0.3 is 0 Å². The summed E-state index contributed by atoms with van der Waals surface area (Å²) in [6, 6.07) is 0. The highest BCUT2D eigenvalue weighted by molar-refractivity contribution is 5.90. The molecule has 1 aliphatic carbocycles. The third-order valence-corrected chi connectivity index (χ3v) is 3.66. The molecule has 0 saturated heterocycles. The molecule has 1 saturated carbocycles. The minimum Gasteiger partial charge on any atom is -0.466 e. The highest BCUT2D eigenvalue weighted by atomic mass is 16.5. The Bertz CT molecular complexity index is 395. The zero-order valence-corrected chi connectivity index (χ0v) is 12.1. The number of ether oxygens (including phenoxy) is 1. The van der Waals surface area contributed by atoms with Crippen molar-refractivity contribution in [2.75, 3.05) is 0 Å². The lowest BCUT2D eigenvalue weighted by Gasteiger charge is -2.33. The van der Waals surface area contributed by atoms with E-state index in [1.54, 1.807) is 0 Å². The molecular weight excluding hydrogens is 222 g/mol. The van der Waals surface area contributed by atoms with Gasteiger partial charge in [0.15, 0.2) is 0 Å². The summed E-state index contributed by atoms with van der Waals surface area (Å²) in [5, 5.41) is 7.66. The molecule has 1 N–H and O–H groups in total. The van der Waals surface area contributed by atoms with Gasteiger partial charge in [-0.2, -0.15) is 0 Å². The van der Waals surface area contributed by atoms with E-state index in [1.165, 1.54) is 18.4 Å². The highest BCUT2D eigenvalue weighted by Crippen LogP contribution is 2.50. The van der Waals surface area contributed by atoms with Crippen LogP contribution in [0.4, 0.5) is 0 Å². The molecule has 0 bridgehead atoms. The highest BCUT2D eigenvalue weighted by Gasteiger charge is 2.40. The van der Waals surface area contributed by atoms with E-state index in [0.29, 0.717) is 5.71 Å². The number of hydrogen-bond acceptors (Lipinski definition) is 2. The van der Waals surface area contributed by atoms with Gasteiger partial charge in [0.1, 0.15) is 5.76 Å². The van der Waals surface area contributed by atoms with Crippen LogP contribution in [0.25, 0.3) is 0 Å². The summed E-state index contributed by atoms with van der Waals surface area (Å²) >= 11 is 0. The third-order valence-electron chi connectivity index (χ3n) is 3.66. The maximum absolute atomic E-state index is 7.66. The third kappa shape index (κ3) is 3.12. The molecule has 0 aromatic carbocycles. The average molecular weight is 247 g/mol. The van der Waals surface area contributed by atoms with Crippen LogP contribution in [-0.4, -0.2) is 5.71 Å². The van der Waals surface area contributed by atoms with Gasteiger partial charge in [0, 0.05) is 11.1 Å². The van der Waals surface area contributed by atoms with Crippen LogP contribution in [0.3, 0.4) is 0 Å². The van der Waals surface area contributed by atoms with Crippen molar-refractivity contribution in [1.82, 2.24) is 0 Å². The summed E-state index contributed by atoms with van der Waals surface area (Å²) in [6.07, 6.45) is 8.68. The Kier molecular flexibility index (Phi) is 4.94. The topological polar surface area (TPSA) is 33.1 Å². The van der Waals surface area contributed by atoms with Crippen LogP contribution in [0.2, 0.25) is 0 Å². The monoisotopic (exact) mass is 247 g/mol. The fourth-order valence-corrected chi connectivity index (χ4v) is 2.90. The SMILES string of the molecule is C=C(C)OC(=CC)C1(/C(C)=C/C(C)=N)CCCC1. The predicted octanol–water partition coefficient (Wildman–Crippen LogP) is 4.99. The molecule has 18 heavy (non-hydrogen) atoms. The van der Waals surface area contributed by atoms with Gasteiger partial charge < -0.3 is 10.1 Å². The van der Waals surface area contributed by atoms with Crippen molar-refractivity contribution in [2.45, 2.75) is 53.4 Å². The second kappa shape index (κ2) is 6.03. The van der Waals surface area contributed by atoms with Crippen LogP contribution in [0.1, 0.15) is 53.4 Å². The van der Waals surface area contributed by atoms with Crippen molar-refractivity contribution in [3.05, 3.63) is 35.8 Å². The standard InChI is InChI=1S/C16H25NO/c1-6-15(18-12(2)3)16(9-7-8-10-16)13(4)11-14(5)17/h6,11,17H,2,7-10H2,1,3-5H3/b13-11+,15-6?,17-14?. The molecular formula is C16H25NO. The largest absolute Gasteiger partial charge is 0.466 e. The minimum atomic E-state index is -0.0178. The maximum atomic E-state index is 7.66. The van der Waals surface area contributed by atoms with Gasteiger partial charge in [-0.05, 0) is 52.7 Å². The summed E-state index contributed by atoms with van der Waals surface area (Å²) in [7, 11) is 0. The smallest absolute Gasteiger partial charge is 0.109 e. The summed E-state index contributed by atoms with van der Waals surface area (Å²) in [5.41, 5.74) is 1.82. The molecule has 0 amide bonds. The molecule has 1 rings (SSSR count). The summed E-state index contributed by atoms with van der Waals surface area (Å²) in [6.45, 7) is 11.7. The first kappa shape index (κ1) is 14.7. The van der Waals surface area contributed by atoms with E-state index in [1.807, 2.05) is 26.8 Å². The summed E-state index contributed by atoms with van der Waals surface area (Å²) < 4.78 is 5.84.